The van der Waals surface area contributed by atoms with Gasteiger partial charge in [0.25, 0.3) is 0 Å². The fourth-order valence-corrected chi connectivity index (χ4v) is 7.43. The molecule has 2 unspecified atom stereocenters. The van der Waals surface area contributed by atoms with Crippen LogP contribution in [0.1, 0.15) is 64.9 Å². The first-order valence-corrected chi connectivity index (χ1v) is 15.2. The lowest BCUT2D eigenvalue weighted by Crippen LogP contribution is -2.58. The summed E-state index contributed by atoms with van der Waals surface area (Å²) in [5.41, 5.74) is -0.961. The number of benzene rings is 1. The van der Waals surface area contributed by atoms with Gasteiger partial charge in [-0.2, -0.15) is 0 Å². The SMILES string of the molecule is C=CCN(CCCCC)C(=O)C1N([C@H](C)CO)C(=O)[C@@H]2[C@@H](C(=O)N(CC=C)Cc3ccccc3)[C@@]3(CC)CCC12O3. The van der Waals surface area contributed by atoms with Crippen LogP contribution in [0.15, 0.2) is 55.6 Å². The van der Waals surface area contributed by atoms with Gasteiger partial charge >= 0.3 is 0 Å². The van der Waals surface area contributed by atoms with Gasteiger partial charge in [0.2, 0.25) is 17.7 Å². The quantitative estimate of drug-likeness (QED) is 0.257. The highest BCUT2D eigenvalue weighted by molar-refractivity contribution is 5.99. The second-order valence-corrected chi connectivity index (χ2v) is 11.9. The number of aliphatic hydroxyl groups excluding tert-OH is 1. The van der Waals surface area contributed by atoms with Crippen LogP contribution < -0.4 is 0 Å². The van der Waals surface area contributed by atoms with E-state index in [1.807, 2.05) is 37.3 Å². The van der Waals surface area contributed by atoms with Crippen molar-refractivity contribution in [2.45, 2.75) is 89.1 Å². The van der Waals surface area contributed by atoms with E-state index in [-0.39, 0.29) is 24.3 Å². The fourth-order valence-electron chi connectivity index (χ4n) is 7.43. The van der Waals surface area contributed by atoms with Crippen molar-refractivity contribution in [2.75, 3.05) is 26.2 Å². The normalized spacial score (nSPS) is 28.8. The molecule has 1 spiro atoms. The van der Waals surface area contributed by atoms with E-state index in [9.17, 15) is 19.5 Å². The maximum atomic E-state index is 14.5. The number of likely N-dealkylation sites (tertiary alicyclic amines) is 1. The Morgan fingerprint density at radius 3 is 2.39 bits per heavy atom. The molecular weight excluding hydrogens is 518 g/mol. The van der Waals surface area contributed by atoms with Gasteiger partial charge in [-0.05, 0) is 38.2 Å². The summed E-state index contributed by atoms with van der Waals surface area (Å²) < 4.78 is 6.93. The molecule has 0 aliphatic carbocycles. The Bertz CT molecular complexity index is 1130. The lowest BCUT2D eigenvalue weighted by Gasteiger charge is -2.38. The van der Waals surface area contributed by atoms with Gasteiger partial charge in [-0.25, -0.2) is 0 Å². The molecule has 4 rings (SSSR count). The second-order valence-electron chi connectivity index (χ2n) is 11.9. The molecular formula is C33H47N3O5. The first-order valence-electron chi connectivity index (χ1n) is 15.2. The van der Waals surface area contributed by atoms with Crippen LogP contribution in [0.25, 0.3) is 0 Å². The molecule has 2 bridgehead atoms. The molecule has 3 amide bonds. The van der Waals surface area contributed by atoms with Crippen molar-refractivity contribution in [3.05, 3.63) is 61.2 Å². The van der Waals surface area contributed by atoms with Crippen LogP contribution in [0.4, 0.5) is 0 Å². The number of nitrogens with zero attached hydrogens (tertiary/aromatic N) is 3. The smallest absolute Gasteiger partial charge is 0.248 e. The van der Waals surface area contributed by atoms with Crippen molar-refractivity contribution >= 4 is 17.7 Å². The largest absolute Gasteiger partial charge is 0.394 e. The van der Waals surface area contributed by atoms with Gasteiger partial charge in [0.05, 0.1) is 30.1 Å². The van der Waals surface area contributed by atoms with Crippen LogP contribution in [-0.4, -0.2) is 87.1 Å². The predicted molar refractivity (Wildman–Crippen MR) is 159 cm³/mol. The van der Waals surface area contributed by atoms with Crippen molar-refractivity contribution in [3.63, 3.8) is 0 Å². The Kier molecular flexibility index (Phi) is 9.75. The highest BCUT2D eigenvalue weighted by Crippen LogP contribution is 2.65. The number of fused-ring (bicyclic) bond motifs is 1. The molecule has 8 nitrogen and oxygen atoms in total. The molecule has 41 heavy (non-hydrogen) atoms. The molecule has 3 aliphatic rings. The predicted octanol–water partition coefficient (Wildman–Crippen LogP) is 3.94. The lowest BCUT2D eigenvalue weighted by molar-refractivity contribution is -0.157. The van der Waals surface area contributed by atoms with Crippen LogP contribution in [0.5, 0.6) is 0 Å². The van der Waals surface area contributed by atoms with Gasteiger partial charge in [-0.3, -0.25) is 14.4 Å². The highest BCUT2D eigenvalue weighted by Gasteiger charge is 2.79. The van der Waals surface area contributed by atoms with E-state index in [1.165, 1.54) is 4.90 Å². The van der Waals surface area contributed by atoms with Gasteiger partial charge in [-0.1, -0.05) is 69.2 Å². The van der Waals surface area contributed by atoms with Crippen LogP contribution in [0.3, 0.4) is 0 Å². The fraction of sp³-hybridized carbons (Fsp3) is 0.606. The summed E-state index contributed by atoms with van der Waals surface area (Å²) in [4.78, 5) is 48.3. The van der Waals surface area contributed by atoms with E-state index in [2.05, 4.69) is 20.1 Å². The average molecular weight is 566 g/mol. The molecule has 3 fully saturated rings. The number of carbonyl (C=O) groups excluding carboxylic acids is 3. The zero-order valence-corrected chi connectivity index (χ0v) is 25.0. The van der Waals surface area contributed by atoms with E-state index in [0.29, 0.717) is 45.4 Å². The third-order valence-corrected chi connectivity index (χ3v) is 9.43. The zero-order valence-electron chi connectivity index (χ0n) is 25.0. The first kappa shape index (κ1) is 31.0. The second kappa shape index (κ2) is 12.9. The molecule has 1 aromatic carbocycles. The standard InChI is InChI=1S/C33H47N3O5/c1-6-10-14-21-34(19-7-2)31(40)28-33-18-17-32(9-4,41-33)26(27(33)30(39)36(28)24(5)23-37)29(38)35(20-8-3)22-25-15-12-11-13-16-25/h7-8,11-13,15-16,24,26-28,37H,2-3,6,9-10,14,17-23H2,1,4-5H3/t24-,26+,27+,28?,32-,33?/m1/s1. The summed E-state index contributed by atoms with van der Waals surface area (Å²) in [6.07, 6.45) is 7.94. The number of aliphatic hydroxyl groups is 1. The minimum atomic E-state index is -1.12. The van der Waals surface area contributed by atoms with Crippen molar-refractivity contribution in [3.8, 4) is 0 Å². The van der Waals surface area contributed by atoms with Gasteiger partial charge in [0, 0.05) is 26.2 Å². The molecule has 1 N–H and O–H groups in total. The molecule has 6 atom stereocenters. The third kappa shape index (κ3) is 5.37. The maximum absolute atomic E-state index is 14.5. The summed E-state index contributed by atoms with van der Waals surface area (Å²) in [5.74, 6) is -2.13. The number of ether oxygens (including phenoxy) is 1. The number of unbranched alkanes of at least 4 members (excludes halogenated alkanes) is 2. The number of hydrogen-bond donors (Lipinski definition) is 1. The molecule has 8 heteroatoms. The number of rotatable bonds is 15. The third-order valence-electron chi connectivity index (χ3n) is 9.43. The highest BCUT2D eigenvalue weighted by atomic mass is 16.5. The average Bonchev–Trinajstić information content (AvgIpc) is 3.59. The molecule has 3 aliphatic heterocycles. The number of carbonyl (C=O) groups is 3. The Balaban J connectivity index is 1.76. The summed E-state index contributed by atoms with van der Waals surface area (Å²) in [6.45, 7) is 15.0. The number of hydrogen-bond acceptors (Lipinski definition) is 5. The van der Waals surface area contributed by atoms with Crippen molar-refractivity contribution in [2.24, 2.45) is 11.8 Å². The zero-order chi connectivity index (χ0) is 29.8. The Morgan fingerprint density at radius 2 is 1.78 bits per heavy atom. The Morgan fingerprint density at radius 1 is 1.10 bits per heavy atom. The molecule has 3 saturated heterocycles. The van der Waals surface area contributed by atoms with E-state index < -0.39 is 35.1 Å². The monoisotopic (exact) mass is 565 g/mol. The summed E-state index contributed by atoms with van der Waals surface area (Å²) in [6, 6.07) is 8.27. The maximum Gasteiger partial charge on any atom is 0.248 e. The van der Waals surface area contributed by atoms with Crippen molar-refractivity contribution in [1.29, 1.82) is 0 Å². The Hall–Kier alpha value is -2.97. The van der Waals surface area contributed by atoms with Crippen molar-refractivity contribution in [1.82, 2.24) is 14.7 Å². The minimum Gasteiger partial charge on any atom is -0.394 e. The Labute approximate surface area is 245 Å². The lowest BCUT2D eigenvalue weighted by atomic mass is 9.64. The van der Waals surface area contributed by atoms with Crippen LogP contribution >= 0.6 is 0 Å². The topological polar surface area (TPSA) is 90.4 Å². The molecule has 1 aromatic rings. The molecule has 0 radical (unpaired) electrons. The molecule has 3 heterocycles. The summed E-state index contributed by atoms with van der Waals surface area (Å²) in [5, 5.41) is 10.2. The summed E-state index contributed by atoms with van der Waals surface area (Å²) >= 11 is 0. The molecule has 0 aromatic heterocycles. The van der Waals surface area contributed by atoms with Crippen molar-refractivity contribution < 1.29 is 24.2 Å². The van der Waals surface area contributed by atoms with Crippen LogP contribution in [-0.2, 0) is 25.7 Å². The molecule has 224 valence electrons. The van der Waals surface area contributed by atoms with Gasteiger partial charge in [0.1, 0.15) is 11.6 Å². The van der Waals surface area contributed by atoms with Gasteiger partial charge < -0.3 is 24.5 Å². The van der Waals surface area contributed by atoms with Gasteiger partial charge in [0.15, 0.2) is 0 Å². The van der Waals surface area contributed by atoms with E-state index >= 15 is 0 Å². The number of amides is 3. The van der Waals surface area contributed by atoms with Crippen LogP contribution in [0.2, 0.25) is 0 Å². The van der Waals surface area contributed by atoms with Crippen LogP contribution in [0, 0.1) is 11.8 Å². The molecule has 0 saturated carbocycles. The summed E-state index contributed by atoms with van der Waals surface area (Å²) in [7, 11) is 0. The van der Waals surface area contributed by atoms with Gasteiger partial charge in [-0.15, -0.1) is 13.2 Å². The first-order chi connectivity index (χ1) is 19.7. The van der Waals surface area contributed by atoms with E-state index in [4.69, 9.17) is 4.74 Å². The minimum absolute atomic E-state index is 0.147. The van der Waals surface area contributed by atoms with E-state index in [1.54, 1.807) is 28.9 Å². The van der Waals surface area contributed by atoms with E-state index in [0.717, 1.165) is 24.8 Å².